The molecule has 108 valence electrons. The Labute approximate surface area is 130 Å². The topological polar surface area (TPSA) is 88.0 Å². The van der Waals surface area contributed by atoms with Crippen molar-refractivity contribution in [1.29, 1.82) is 0 Å². The highest BCUT2D eigenvalue weighted by atomic mass is 79.9. The molecule has 4 N–H and O–H groups in total. The van der Waals surface area contributed by atoms with Crippen LogP contribution in [0.1, 0.15) is 0 Å². The first-order valence-electron chi connectivity index (χ1n) is 6.11. The van der Waals surface area contributed by atoms with E-state index in [-0.39, 0.29) is 4.90 Å². The third kappa shape index (κ3) is 2.74. The first-order chi connectivity index (χ1) is 9.95. The minimum Gasteiger partial charge on any atom is -0.399 e. The highest BCUT2D eigenvalue weighted by molar-refractivity contribution is 9.10. The van der Waals surface area contributed by atoms with E-state index in [9.17, 15) is 8.42 Å². The maximum Gasteiger partial charge on any atom is 0.264 e. The molecule has 0 aliphatic heterocycles. The second kappa shape index (κ2) is 5.09. The molecule has 5 nitrogen and oxygen atoms in total. The third-order valence-electron chi connectivity index (χ3n) is 3.05. The van der Waals surface area contributed by atoms with Crippen molar-refractivity contribution in [3.8, 4) is 0 Å². The minimum atomic E-state index is -3.66. The largest absolute Gasteiger partial charge is 0.399 e. The molecule has 3 aromatic rings. The third-order valence-corrected chi connectivity index (χ3v) is 5.00. The lowest BCUT2D eigenvalue weighted by atomic mass is 10.2. The molecule has 0 fully saturated rings. The summed E-state index contributed by atoms with van der Waals surface area (Å²) in [5.41, 5.74) is 7.46. The average molecular weight is 366 g/mol. The van der Waals surface area contributed by atoms with E-state index < -0.39 is 10.0 Å². The van der Waals surface area contributed by atoms with Gasteiger partial charge in [-0.15, -0.1) is 0 Å². The van der Waals surface area contributed by atoms with E-state index in [2.05, 4.69) is 25.6 Å². The molecule has 1 aromatic heterocycles. The second-order valence-corrected chi connectivity index (χ2v) is 7.14. The van der Waals surface area contributed by atoms with Crippen molar-refractivity contribution in [1.82, 2.24) is 4.98 Å². The van der Waals surface area contributed by atoms with Gasteiger partial charge < -0.3 is 10.7 Å². The van der Waals surface area contributed by atoms with Gasteiger partial charge in [-0.2, -0.15) is 0 Å². The van der Waals surface area contributed by atoms with Crippen LogP contribution in [0, 0.1) is 0 Å². The number of aromatic amines is 1. The van der Waals surface area contributed by atoms with E-state index in [0.29, 0.717) is 22.3 Å². The number of nitrogens with one attached hydrogen (secondary N) is 2. The van der Waals surface area contributed by atoms with Gasteiger partial charge >= 0.3 is 0 Å². The van der Waals surface area contributed by atoms with Gasteiger partial charge in [-0.05, 0) is 42.5 Å². The van der Waals surface area contributed by atoms with Crippen molar-refractivity contribution in [2.24, 2.45) is 0 Å². The van der Waals surface area contributed by atoms with Crippen LogP contribution in [0.3, 0.4) is 0 Å². The molecular formula is C14H12BrN3O2S. The van der Waals surface area contributed by atoms with Crippen molar-refractivity contribution < 1.29 is 8.42 Å². The highest BCUT2D eigenvalue weighted by Gasteiger charge is 2.19. The molecule has 2 aromatic carbocycles. The lowest BCUT2D eigenvalue weighted by molar-refractivity contribution is 0.602. The number of nitrogen functional groups attached to an aromatic ring is 1. The van der Waals surface area contributed by atoms with Crippen LogP contribution in [-0.4, -0.2) is 13.4 Å². The van der Waals surface area contributed by atoms with E-state index in [1.807, 2.05) is 0 Å². The smallest absolute Gasteiger partial charge is 0.264 e. The number of halogens is 1. The molecule has 0 spiro atoms. The molecule has 0 unspecified atom stereocenters. The normalized spacial score (nSPS) is 11.7. The molecule has 0 amide bonds. The Morgan fingerprint density at radius 3 is 2.52 bits per heavy atom. The fourth-order valence-electron chi connectivity index (χ4n) is 2.07. The summed E-state index contributed by atoms with van der Waals surface area (Å²) in [5.74, 6) is 0. The van der Waals surface area contributed by atoms with Crippen LogP contribution >= 0.6 is 15.9 Å². The molecule has 1 heterocycles. The van der Waals surface area contributed by atoms with Crippen LogP contribution in [0.4, 0.5) is 11.4 Å². The number of fused-ring (bicyclic) bond motifs is 1. The minimum absolute atomic E-state index is 0.195. The Bertz CT molecular complexity index is 902. The molecule has 0 radical (unpaired) electrons. The lowest BCUT2D eigenvalue weighted by Crippen LogP contribution is -2.12. The van der Waals surface area contributed by atoms with Crippen LogP contribution in [0.2, 0.25) is 0 Å². The van der Waals surface area contributed by atoms with Crippen LogP contribution in [0.5, 0.6) is 0 Å². The molecule has 3 rings (SSSR count). The molecule has 21 heavy (non-hydrogen) atoms. The summed E-state index contributed by atoms with van der Waals surface area (Å²) >= 11 is 3.31. The molecule has 0 aliphatic carbocycles. The first kappa shape index (κ1) is 14.0. The Morgan fingerprint density at radius 2 is 1.81 bits per heavy atom. The quantitative estimate of drug-likeness (QED) is 0.622. The molecule has 0 saturated carbocycles. The van der Waals surface area contributed by atoms with Gasteiger partial charge in [0.1, 0.15) is 4.90 Å². The van der Waals surface area contributed by atoms with Crippen LogP contribution < -0.4 is 10.5 Å². The van der Waals surface area contributed by atoms with E-state index in [1.165, 1.54) is 6.20 Å². The number of benzene rings is 2. The maximum atomic E-state index is 12.5. The van der Waals surface area contributed by atoms with E-state index in [4.69, 9.17) is 5.73 Å². The predicted molar refractivity (Wildman–Crippen MR) is 87.7 cm³/mol. The van der Waals surface area contributed by atoms with Crippen LogP contribution in [0.25, 0.3) is 10.9 Å². The molecule has 0 atom stereocenters. The average Bonchev–Trinajstić information content (AvgIpc) is 2.85. The van der Waals surface area contributed by atoms with Crippen molar-refractivity contribution >= 4 is 48.2 Å². The zero-order chi connectivity index (χ0) is 15.0. The Hall–Kier alpha value is -1.99. The van der Waals surface area contributed by atoms with E-state index >= 15 is 0 Å². The van der Waals surface area contributed by atoms with Crippen molar-refractivity contribution in [3.05, 3.63) is 53.1 Å². The number of hydrogen-bond acceptors (Lipinski definition) is 3. The molecular weight excluding hydrogens is 354 g/mol. The number of hydrogen-bond donors (Lipinski definition) is 3. The number of anilines is 2. The predicted octanol–water partition coefficient (Wildman–Crippen LogP) is 3.31. The Morgan fingerprint density at radius 1 is 1.10 bits per heavy atom. The zero-order valence-electron chi connectivity index (χ0n) is 10.8. The van der Waals surface area contributed by atoms with Gasteiger partial charge in [0.05, 0.1) is 0 Å². The van der Waals surface area contributed by atoms with Gasteiger partial charge in [0.25, 0.3) is 10.0 Å². The number of rotatable bonds is 3. The Balaban J connectivity index is 2.02. The van der Waals surface area contributed by atoms with E-state index in [0.717, 1.165) is 4.47 Å². The van der Waals surface area contributed by atoms with Gasteiger partial charge in [0.2, 0.25) is 0 Å². The number of H-pyrrole nitrogens is 1. The molecule has 0 bridgehead atoms. The van der Waals surface area contributed by atoms with Gasteiger partial charge in [-0.1, -0.05) is 15.9 Å². The number of sulfonamides is 1. The van der Waals surface area contributed by atoms with Gasteiger partial charge in [-0.25, -0.2) is 8.42 Å². The SMILES string of the molecule is Nc1ccc2c(S(=O)(=O)Nc3ccc(Br)cc3)c[nH]c2c1. The molecule has 0 aliphatic rings. The first-order valence-corrected chi connectivity index (χ1v) is 8.38. The fourth-order valence-corrected chi connectivity index (χ4v) is 3.57. The summed E-state index contributed by atoms with van der Waals surface area (Å²) in [7, 11) is -3.66. The standard InChI is InChI=1S/C14H12BrN3O2S/c15-9-1-4-11(5-2-9)18-21(19,20)14-8-17-13-7-10(16)3-6-12(13)14/h1-8,17-18H,16H2. The number of nitrogens with two attached hydrogens (primary N) is 1. The van der Waals surface area contributed by atoms with Gasteiger partial charge in [-0.3, -0.25) is 4.72 Å². The maximum absolute atomic E-state index is 12.5. The summed E-state index contributed by atoms with van der Waals surface area (Å²) in [5, 5.41) is 0.605. The fraction of sp³-hybridized carbons (Fsp3) is 0. The van der Waals surface area contributed by atoms with Gasteiger partial charge in [0.15, 0.2) is 0 Å². The highest BCUT2D eigenvalue weighted by Crippen LogP contribution is 2.26. The van der Waals surface area contributed by atoms with Crippen molar-refractivity contribution in [3.63, 3.8) is 0 Å². The van der Waals surface area contributed by atoms with E-state index in [1.54, 1.807) is 42.5 Å². The monoisotopic (exact) mass is 365 g/mol. The molecule has 7 heteroatoms. The zero-order valence-corrected chi connectivity index (χ0v) is 13.2. The second-order valence-electron chi connectivity index (χ2n) is 4.57. The summed E-state index contributed by atoms with van der Waals surface area (Å²) in [4.78, 5) is 3.12. The summed E-state index contributed by atoms with van der Waals surface area (Å²) in [6, 6.07) is 12.0. The number of aromatic nitrogens is 1. The Kier molecular flexibility index (Phi) is 3.38. The molecule has 0 saturated heterocycles. The summed E-state index contributed by atoms with van der Waals surface area (Å²) in [6.07, 6.45) is 1.46. The lowest BCUT2D eigenvalue weighted by Gasteiger charge is -2.07. The van der Waals surface area contributed by atoms with Crippen molar-refractivity contribution in [2.75, 3.05) is 10.5 Å². The summed E-state index contributed by atoms with van der Waals surface area (Å²) < 4.78 is 28.4. The van der Waals surface area contributed by atoms with Crippen molar-refractivity contribution in [2.45, 2.75) is 4.90 Å². The van der Waals surface area contributed by atoms with Crippen LogP contribution in [-0.2, 0) is 10.0 Å². The summed E-state index contributed by atoms with van der Waals surface area (Å²) in [6.45, 7) is 0. The van der Waals surface area contributed by atoms with Gasteiger partial charge in [0, 0.05) is 32.9 Å². The van der Waals surface area contributed by atoms with Crippen LogP contribution in [0.15, 0.2) is 58.0 Å².